The van der Waals surface area contributed by atoms with E-state index >= 15 is 0 Å². The predicted octanol–water partition coefficient (Wildman–Crippen LogP) is 9.92. The quantitative estimate of drug-likeness (QED) is 0.109. The number of methoxy groups -OCH3 is 1. The highest BCUT2D eigenvalue weighted by Crippen LogP contribution is 2.34. The van der Waals surface area contributed by atoms with E-state index in [0.29, 0.717) is 23.8 Å². The molecule has 0 spiro atoms. The largest absolute Gasteiger partial charge is 0.467 e. The van der Waals surface area contributed by atoms with E-state index in [1.54, 1.807) is 13.2 Å². The van der Waals surface area contributed by atoms with Crippen LogP contribution in [0.4, 0.5) is 13.2 Å². The highest BCUT2D eigenvalue weighted by molar-refractivity contribution is 5.80. The van der Waals surface area contributed by atoms with Crippen LogP contribution in [-0.2, 0) is 16.0 Å². The third-order valence-corrected chi connectivity index (χ3v) is 7.39. The summed E-state index contributed by atoms with van der Waals surface area (Å²) >= 11 is 0. The smallest absolute Gasteiger partial charge is 0.389 e. The lowest BCUT2D eigenvalue weighted by atomic mass is 9.89. The summed E-state index contributed by atoms with van der Waals surface area (Å²) in [5, 5.41) is 8.70. The molecular formula is C34H43F3O5. The molecule has 2 aromatic carbocycles. The number of hydrogen-bond donors (Lipinski definition) is 1. The van der Waals surface area contributed by atoms with Gasteiger partial charge in [0.05, 0.1) is 0 Å². The molecule has 1 N–H and O–H groups in total. The highest BCUT2D eigenvalue weighted by Gasteiger charge is 2.26. The van der Waals surface area contributed by atoms with Gasteiger partial charge in [0.2, 0.25) is 6.79 Å². The fourth-order valence-electron chi connectivity index (χ4n) is 5.23. The number of aryl methyl sites for hydroxylation is 1. The average molecular weight is 589 g/mol. The van der Waals surface area contributed by atoms with Crippen LogP contribution in [0.25, 0.3) is 16.7 Å². The monoisotopic (exact) mass is 588 g/mol. The van der Waals surface area contributed by atoms with Gasteiger partial charge in [-0.15, -0.1) is 0 Å². The van der Waals surface area contributed by atoms with Gasteiger partial charge >= 0.3 is 6.18 Å². The second-order valence-corrected chi connectivity index (χ2v) is 10.5. The van der Waals surface area contributed by atoms with E-state index in [1.165, 1.54) is 5.56 Å². The topological polar surface area (TPSA) is 57.2 Å². The van der Waals surface area contributed by atoms with Gasteiger partial charge in [0.25, 0.3) is 0 Å². The molecule has 0 radical (unpaired) electrons. The molecule has 230 valence electrons. The van der Waals surface area contributed by atoms with Gasteiger partial charge in [-0.2, -0.15) is 18.1 Å². The van der Waals surface area contributed by atoms with E-state index in [-0.39, 0.29) is 20.0 Å². The van der Waals surface area contributed by atoms with Crippen LogP contribution in [-0.4, -0.2) is 32.1 Å². The molecule has 0 saturated heterocycles. The highest BCUT2D eigenvalue weighted by atomic mass is 19.4. The molecule has 0 saturated carbocycles. The van der Waals surface area contributed by atoms with Crippen molar-refractivity contribution in [3.8, 4) is 22.6 Å². The number of allylic oxidation sites excluding steroid dienone is 6. The van der Waals surface area contributed by atoms with Gasteiger partial charge in [-0.25, -0.2) is 5.26 Å². The Morgan fingerprint density at radius 3 is 2.40 bits per heavy atom. The summed E-state index contributed by atoms with van der Waals surface area (Å²) in [5.74, 6) is 1.51. The number of halogens is 3. The van der Waals surface area contributed by atoms with Crippen molar-refractivity contribution in [2.45, 2.75) is 77.3 Å². The van der Waals surface area contributed by atoms with E-state index in [0.717, 1.165) is 67.2 Å². The first-order chi connectivity index (χ1) is 20.3. The van der Waals surface area contributed by atoms with E-state index in [9.17, 15) is 13.2 Å². The molecule has 0 aromatic heterocycles. The zero-order valence-electron chi connectivity index (χ0n) is 24.6. The van der Waals surface area contributed by atoms with Gasteiger partial charge in [0, 0.05) is 19.6 Å². The van der Waals surface area contributed by atoms with E-state index in [4.69, 9.17) is 19.5 Å². The maximum absolute atomic E-state index is 12.5. The number of hydrogen-bond acceptors (Lipinski definition) is 5. The number of alkyl halides is 3. The van der Waals surface area contributed by atoms with Crippen LogP contribution in [0.15, 0.2) is 66.8 Å². The van der Waals surface area contributed by atoms with Gasteiger partial charge in [0.15, 0.2) is 6.79 Å². The van der Waals surface area contributed by atoms with Gasteiger partial charge < -0.3 is 14.2 Å². The molecule has 8 heteroatoms. The third-order valence-electron chi connectivity index (χ3n) is 7.39. The molecule has 0 amide bonds. The van der Waals surface area contributed by atoms with Gasteiger partial charge in [-0.05, 0) is 84.4 Å². The zero-order valence-corrected chi connectivity index (χ0v) is 24.6. The van der Waals surface area contributed by atoms with Crippen LogP contribution < -0.4 is 9.47 Å². The van der Waals surface area contributed by atoms with Crippen LogP contribution in [0.1, 0.15) is 75.8 Å². The summed E-state index contributed by atoms with van der Waals surface area (Å²) in [6.07, 6.45) is 13.5. The first kappa shape index (κ1) is 33.4. The number of ether oxygens (including phenoxy) is 3. The summed E-state index contributed by atoms with van der Waals surface area (Å²) in [5.41, 5.74) is 5.35. The minimum absolute atomic E-state index is 0.0886. The Hall–Kier alpha value is -3.07. The molecule has 0 fully saturated rings. The third kappa shape index (κ3) is 11.7. The van der Waals surface area contributed by atoms with Crippen molar-refractivity contribution < 1.29 is 37.5 Å². The number of benzene rings is 2. The summed E-state index contributed by atoms with van der Waals surface area (Å²) < 4.78 is 53.7. The van der Waals surface area contributed by atoms with E-state index in [2.05, 4.69) is 60.4 Å². The van der Waals surface area contributed by atoms with Crippen molar-refractivity contribution in [3.63, 3.8) is 0 Å². The molecular weight excluding hydrogens is 545 g/mol. The minimum Gasteiger partial charge on any atom is -0.467 e. The fraction of sp³-hybridized carbons (Fsp3) is 0.471. The van der Waals surface area contributed by atoms with Crippen LogP contribution in [0.2, 0.25) is 0 Å². The fourth-order valence-corrected chi connectivity index (χ4v) is 5.23. The SMILES string of the molecule is CCc1cc(-c2cc(OCOC)cc(OCOO)c2)ccc1C1=C/C=C/CCCC(CCCCC(F)(F)F)CC/C=C\1. The van der Waals surface area contributed by atoms with Gasteiger partial charge in [-0.1, -0.05) is 74.8 Å². The minimum atomic E-state index is -4.06. The summed E-state index contributed by atoms with van der Waals surface area (Å²) in [6.45, 7) is 1.91. The van der Waals surface area contributed by atoms with Crippen molar-refractivity contribution in [2.24, 2.45) is 5.92 Å². The Balaban J connectivity index is 1.79. The Labute approximate surface area is 247 Å². The van der Waals surface area contributed by atoms with Crippen molar-refractivity contribution in [3.05, 3.63) is 77.9 Å². The van der Waals surface area contributed by atoms with Gasteiger partial charge in [0.1, 0.15) is 11.5 Å². The normalized spacial score (nSPS) is 19.2. The Morgan fingerprint density at radius 2 is 1.69 bits per heavy atom. The predicted molar refractivity (Wildman–Crippen MR) is 160 cm³/mol. The molecule has 1 aliphatic rings. The molecule has 1 atom stereocenters. The van der Waals surface area contributed by atoms with Crippen molar-refractivity contribution in [1.82, 2.24) is 0 Å². The first-order valence-electron chi connectivity index (χ1n) is 14.7. The van der Waals surface area contributed by atoms with E-state index in [1.807, 2.05) is 12.1 Å². The van der Waals surface area contributed by atoms with Crippen LogP contribution in [0.3, 0.4) is 0 Å². The number of unbranched alkanes of at least 4 members (excludes halogenated alkanes) is 1. The molecule has 5 nitrogen and oxygen atoms in total. The van der Waals surface area contributed by atoms with Crippen LogP contribution >= 0.6 is 0 Å². The van der Waals surface area contributed by atoms with Crippen molar-refractivity contribution >= 4 is 5.57 Å². The lowest BCUT2D eigenvalue weighted by Crippen LogP contribution is -2.07. The van der Waals surface area contributed by atoms with Gasteiger partial charge in [-0.3, -0.25) is 0 Å². The molecule has 2 aromatic rings. The molecule has 1 aliphatic carbocycles. The molecule has 1 unspecified atom stereocenters. The maximum Gasteiger partial charge on any atom is 0.389 e. The molecule has 42 heavy (non-hydrogen) atoms. The second-order valence-electron chi connectivity index (χ2n) is 10.5. The molecule has 0 bridgehead atoms. The van der Waals surface area contributed by atoms with E-state index < -0.39 is 12.6 Å². The first-order valence-corrected chi connectivity index (χ1v) is 14.7. The lowest BCUT2D eigenvalue weighted by molar-refractivity contribution is -0.278. The average Bonchev–Trinajstić information content (AvgIpc) is 2.97. The number of rotatable bonds is 13. The Kier molecular flexibility index (Phi) is 14.2. The zero-order chi connectivity index (χ0) is 30.2. The summed E-state index contributed by atoms with van der Waals surface area (Å²) in [4.78, 5) is 4.08. The molecule has 3 rings (SSSR count). The molecule has 0 aliphatic heterocycles. The Morgan fingerprint density at radius 1 is 0.905 bits per heavy atom. The Bertz CT molecular complexity index is 1160. The van der Waals surface area contributed by atoms with Crippen molar-refractivity contribution in [2.75, 3.05) is 20.7 Å². The molecule has 0 heterocycles. The summed E-state index contributed by atoms with van der Waals surface area (Å²) in [7, 11) is 1.55. The standard InChI is InChI=1S/C34H43F3O5/c1-3-27-20-29(30-21-31(40-24-39-2)23-32(22-30)41-25-42-38)17-18-33(27)28-15-7-5-4-6-12-26(13-8-9-16-28)14-10-11-19-34(35,36)37/h5,7,9,15-18,20-23,26,38H,3-4,6,8,10-14,19,24-25H2,1-2H3/b7-5+,16-9-,28-15+. The summed E-state index contributed by atoms with van der Waals surface area (Å²) in [6, 6.07) is 11.9. The lowest BCUT2D eigenvalue weighted by Gasteiger charge is -2.17. The van der Waals surface area contributed by atoms with Crippen LogP contribution in [0, 0.1) is 5.92 Å². The van der Waals surface area contributed by atoms with Crippen molar-refractivity contribution in [1.29, 1.82) is 0 Å². The second kappa shape index (κ2) is 17.8. The maximum atomic E-state index is 12.5. The van der Waals surface area contributed by atoms with Crippen LogP contribution in [0.5, 0.6) is 11.5 Å².